The van der Waals surface area contributed by atoms with Gasteiger partial charge in [0, 0.05) is 12.4 Å². The van der Waals surface area contributed by atoms with E-state index < -0.39 is 0 Å². The SMILES string of the molecule is N#Cc1cncc(C23CC4CC(CC(C4)C2)C3)c1. The summed E-state index contributed by atoms with van der Waals surface area (Å²) in [4.78, 5) is 4.29. The number of pyridine rings is 1. The number of nitrogens with zero attached hydrogens (tertiary/aromatic N) is 2. The van der Waals surface area contributed by atoms with E-state index in [1.165, 1.54) is 44.1 Å². The molecule has 0 amide bonds. The van der Waals surface area contributed by atoms with Gasteiger partial charge in [-0.1, -0.05) is 0 Å². The van der Waals surface area contributed by atoms with Crippen molar-refractivity contribution in [3.8, 4) is 6.07 Å². The summed E-state index contributed by atoms with van der Waals surface area (Å²) in [6, 6.07) is 4.33. The summed E-state index contributed by atoms with van der Waals surface area (Å²) in [5.74, 6) is 2.84. The standard InChI is InChI=1S/C16H18N2/c17-8-14-4-15(10-18-9-14)16-5-11-1-12(6-16)3-13(2-11)7-16/h4,9-13H,1-3,5-7H2. The Morgan fingerprint density at radius 2 is 1.67 bits per heavy atom. The lowest BCUT2D eigenvalue weighted by atomic mass is 9.48. The largest absolute Gasteiger partial charge is 0.263 e. The van der Waals surface area contributed by atoms with Gasteiger partial charge in [-0.15, -0.1) is 0 Å². The summed E-state index contributed by atoms with van der Waals surface area (Å²) in [5.41, 5.74) is 2.44. The van der Waals surface area contributed by atoms with Crippen LogP contribution in [0.5, 0.6) is 0 Å². The zero-order valence-electron chi connectivity index (χ0n) is 10.6. The summed E-state index contributed by atoms with van der Waals surface area (Å²) >= 11 is 0. The van der Waals surface area contributed by atoms with E-state index in [0.29, 0.717) is 5.41 Å². The van der Waals surface area contributed by atoms with Crippen molar-refractivity contribution in [2.24, 2.45) is 17.8 Å². The Kier molecular flexibility index (Phi) is 2.09. The predicted octanol–water partition coefficient (Wildman–Crippen LogP) is 3.42. The van der Waals surface area contributed by atoms with Crippen LogP contribution in [0.25, 0.3) is 0 Å². The minimum atomic E-state index is 0.370. The molecule has 2 heteroatoms. The summed E-state index contributed by atoms with van der Waals surface area (Å²) < 4.78 is 0. The Bertz CT molecular complexity index is 491. The number of hydrogen-bond donors (Lipinski definition) is 0. The van der Waals surface area contributed by atoms with Gasteiger partial charge in [-0.25, -0.2) is 0 Å². The number of aromatic nitrogens is 1. The van der Waals surface area contributed by atoms with E-state index in [-0.39, 0.29) is 0 Å². The van der Waals surface area contributed by atoms with Gasteiger partial charge in [0.2, 0.25) is 0 Å². The second-order valence-corrected chi connectivity index (χ2v) is 6.77. The Balaban J connectivity index is 1.77. The van der Waals surface area contributed by atoms with Crippen molar-refractivity contribution in [1.29, 1.82) is 5.26 Å². The molecule has 0 atom stereocenters. The quantitative estimate of drug-likeness (QED) is 0.751. The Hall–Kier alpha value is -1.36. The van der Waals surface area contributed by atoms with Gasteiger partial charge in [-0.2, -0.15) is 5.26 Å². The van der Waals surface area contributed by atoms with Crippen molar-refractivity contribution in [1.82, 2.24) is 4.98 Å². The Morgan fingerprint density at radius 1 is 1.06 bits per heavy atom. The highest BCUT2D eigenvalue weighted by Crippen LogP contribution is 2.60. The first kappa shape index (κ1) is 10.6. The molecule has 0 radical (unpaired) electrons. The van der Waals surface area contributed by atoms with Crippen LogP contribution in [0.15, 0.2) is 18.5 Å². The highest BCUT2D eigenvalue weighted by molar-refractivity contribution is 5.35. The highest BCUT2D eigenvalue weighted by atomic mass is 14.6. The van der Waals surface area contributed by atoms with Gasteiger partial charge < -0.3 is 0 Å². The molecule has 4 aliphatic rings. The lowest BCUT2D eigenvalue weighted by Gasteiger charge is -2.57. The van der Waals surface area contributed by atoms with Crippen molar-refractivity contribution in [2.45, 2.75) is 43.9 Å². The van der Waals surface area contributed by atoms with E-state index in [2.05, 4.69) is 17.1 Å². The molecule has 0 N–H and O–H groups in total. The average molecular weight is 238 g/mol. The molecule has 1 aromatic rings. The Labute approximate surface area is 108 Å². The van der Waals surface area contributed by atoms with Crippen molar-refractivity contribution in [3.05, 3.63) is 29.6 Å². The summed E-state index contributed by atoms with van der Waals surface area (Å²) in [7, 11) is 0. The predicted molar refractivity (Wildman–Crippen MR) is 68.8 cm³/mol. The lowest BCUT2D eigenvalue weighted by Crippen LogP contribution is -2.48. The summed E-state index contributed by atoms with van der Waals surface area (Å²) in [6.07, 6.45) is 12.1. The van der Waals surface area contributed by atoms with E-state index in [1.807, 2.05) is 6.20 Å². The second kappa shape index (κ2) is 3.57. The van der Waals surface area contributed by atoms with Crippen LogP contribution in [-0.4, -0.2) is 4.98 Å². The molecule has 4 bridgehead atoms. The van der Waals surface area contributed by atoms with Gasteiger partial charge >= 0.3 is 0 Å². The van der Waals surface area contributed by atoms with E-state index in [0.717, 1.165) is 23.3 Å². The average Bonchev–Trinajstić information content (AvgIpc) is 2.37. The van der Waals surface area contributed by atoms with Gasteiger partial charge in [0.15, 0.2) is 0 Å². The van der Waals surface area contributed by atoms with Crippen LogP contribution < -0.4 is 0 Å². The first-order valence-corrected chi connectivity index (χ1v) is 7.13. The third kappa shape index (κ3) is 1.43. The van der Waals surface area contributed by atoms with Crippen molar-refractivity contribution in [3.63, 3.8) is 0 Å². The number of nitriles is 1. The Morgan fingerprint density at radius 3 is 2.22 bits per heavy atom. The molecule has 92 valence electrons. The van der Waals surface area contributed by atoms with Gasteiger partial charge in [0.1, 0.15) is 6.07 Å². The highest BCUT2D eigenvalue weighted by Gasteiger charge is 2.51. The molecule has 4 aliphatic carbocycles. The molecule has 5 rings (SSSR count). The van der Waals surface area contributed by atoms with Crippen molar-refractivity contribution < 1.29 is 0 Å². The third-order valence-electron chi connectivity index (χ3n) is 5.52. The van der Waals surface area contributed by atoms with Crippen LogP contribution in [0.3, 0.4) is 0 Å². The maximum Gasteiger partial charge on any atom is 0.101 e. The fraction of sp³-hybridized carbons (Fsp3) is 0.625. The minimum Gasteiger partial charge on any atom is -0.263 e. The third-order valence-corrected chi connectivity index (χ3v) is 5.52. The number of rotatable bonds is 1. The molecule has 1 aromatic heterocycles. The molecule has 4 fully saturated rings. The molecule has 18 heavy (non-hydrogen) atoms. The normalized spacial score (nSPS) is 40.7. The maximum absolute atomic E-state index is 9.05. The number of hydrogen-bond acceptors (Lipinski definition) is 2. The maximum atomic E-state index is 9.05. The molecular weight excluding hydrogens is 220 g/mol. The van der Waals surface area contributed by atoms with Crippen molar-refractivity contribution >= 4 is 0 Å². The van der Waals surface area contributed by atoms with Gasteiger partial charge in [-0.05, 0) is 73.3 Å². The zero-order valence-corrected chi connectivity index (χ0v) is 10.6. The van der Waals surface area contributed by atoms with Gasteiger partial charge in [0.05, 0.1) is 5.56 Å². The molecule has 0 aliphatic heterocycles. The molecule has 4 saturated carbocycles. The van der Waals surface area contributed by atoms with Crippen LogP contribution in [0, 0.1) is 29.1 Å². The van der Waals surface area contributed by atoms with Gasteiger partial charge in [0.25, 0.3) is 0 Å². The van der Waals surface area contributed by atoms with Gasteiger partial charge in [-0.3, -0.25) is 4.98 Å². The summed E-state index contributed by atoms with van der Waals surface area (Å²) in [6.45, 7) is 0. The molecular formula is C16H18N2. The molecule has 2 nitrogen and oxygen atoms in total. The first-order chi connectivity index (χ1) is 8.77. The molecule has 0 saturated heterocycles. The van der Waals surface area contributed by atoms with Crippen LogP contribution in [0.4, 0.5) is 0 Å². The molecule has 1 heterocycles. The topological polar surface area (TPSA) is 36.7 Å². The summed E-state index contributed by atoms with van der Waals surface area (Å²) in [5, 5.41) is 9.05. The fourth-order valence-electron chi connectivity index (χ4n) is 5.26. The minimum absolute atomic E-state index is 0.370. The smallest absolute Gasteiger partial charge is 0.101 e. The van der Waals surface area contributed by atoms with E-state index >= 15 is 0 Å². The van der Waals surface area contributed by atoms with E-state index in [4.69, 9.17) is 5.26 Å². The molecule has 0 aromatic carbocycles. The van der Waals surface area contributed by atoms with Crippen LogP contribution >= 0.6 is 0 Å². The first-order valence-electron chi connectivity index (χ1n) is 7.13. The van der Waals surface area contributed by atoms with E-state index in [1.54, 1.807) is 6.20 Å². The molecule has 0 unspecified atom stereocenters. The fourth-order valence-corrected chi connectivity index (χ4v) is 5.26. The molecule has 0 spiro atoms. The van der Waals surface area contributed by atoms with Crippen LogP contribution in [-0.2, 0) is 5.41 Å². The lowest BCUT2D eigenvalue weighted by molar-refractivity contribution is -0.00534. The van der Waals surface area contributed by atoms with Crippen molar-refractivity contribution in [2.75, 3.05) is 0 Å². The second-order valence-electron chi connectivity index (χ2n) is 6.77. The monoisotopic (exact) mass is 238 g/mol. The van der Waals surface area contributed by atoms with Crippen LogP contribution in [0.2, 0.25) is 0 Å². The zero-order chi connectivity index (χ0) is 12.2. The van der Waals surface area contributed by atoms with E-state index in [9.17, 15) is 0 Å². The van der Waals surface area contributed by atoms with Crippen LogP contribution in [0.1, 0.15) is 49.7 Å².